The molecule has 0 radical (unpaired) electrons. The minimum Gasteiger partial charge on any atom is -0.457 e. The molecule has 3 heterocycles. The molecule has 0 aromatic heterocycles. The number of hydrogen-bond acceptors (Lipinski definition) is 4. The molecule has 13 rings (SSSR count). The van der Waals surface area contributed by atoms with Crippen LogP contribution in [0.4, 0.5) is 45.5 Å². The molecule has 3 aliphatic heterocycles. The van der Waals surface area contributed by atoms with Gasteiger partial charge in [0, 0.05) is 67.6 Å². The van der Waals surface area contributed by atoms with Crippen molar-refractivity contribution in [2.75, 3.05) is 14.6 Å². The maximum Gasteiger partial charge on any atom is 0.333 e. The van der Waals surface area contributed by atoms with Gasteiger partial charge in [-0.05, 0) is 192 Å². The van der Waals surface area contributed by atoms with Crippen molar-refractivity contribution in [2.45, 2.75) is 98.3 Å². The third kappa shape index (κ3) is 7.03. The van der Waals surface area contributed by atoms with Crippen LogP contribution in [0.2, 0.25) is 0 Å². The van der Waals surface area contributed by atoms with Crippen LogP contribution in [0.15, 0.2) is 182 Å². The summed E-state index contributed by atoms with van der Waals surface area (Å²) in [4.78, 5) is 7.73. The van der Waals surface area contributed by atoms with Gasteiger partial charge in [-0.15, -0.1) is 0 Å². The van der Waals surface area contributed by atoms with Gasteiger partial charge in [0.25, 0.3) is 0 Å². The maximum absolute atomic E-state index is 7.03. The zero-order valence-electron chi connectivity index (χ0n) is 44.6. The highest BCUT2D eigenvalue weighted by Crippen LogP contribution is 2.56. The molecule has 0 amide bonds. The number of nitrogens with zero attached hydrogens (tertiary/aromatic N) is 3. The summed E-state index contributed by atoms with van der Waals surface area (Å²) in [5.41, 5.74) is 26.8. The lowest BCUT2D eigenvalue weighted by atomic mass is 9.43. The first-order valence-electron chi connectivity index (χ1n) is 26.7. The van der Waals surface area contributed by atoms with Crippen LogP contribution in [0.25, 0.3) is 22.3 Å². The Hall–Kier alpha value is -7.76. The predicted molar refractivity (Wildman–Crippen MR) is 313 cm³/mol. The zero-order chi connectivity index (χ0) is 51.0. The molecule has 9 aromatic carbocycles. The monoisotopic (exact) mass is 962 g/mol. The first-order valence-corrected chi connectivity index (χ1v) is 26.7. The number of hydrogen-bond donors (Lipinski definition) is 0. The van der Waals surface area contributed by atoms with Crippen LogP contribution in [0, 0.1) is 27.7 Å². The molecule has 0 N–H and O–H groups in total. The van der Waals surface area contributed by atoms with Crippen molar-refractivity contribution < 1.29 is 4.74 Å². The number of para-hydroxylation sites is 4. The molecule has 4 aliphatic rings. The molecule has 1 aliphatic carbocycles. The molecule has 4 nitrogen and oxygen atoms in total. The van der Waals surface area contributed by atoms with E-state index in [4.69, 9.17) is 4.74 Å². The number of anilines is 8. The molecule has 5 heteroatoms. The van der Waals surface area contributed by atoms with Crippen LogP contribution in [0.1, 0.15) is 98.9 Å². The van der Waals surface area contributed by atoms with E-state index in [1.807, 2.05) is 0 Å². The van der Waals surface area contributed by atoms with Crippen molar-refractivity contribution in [2.24, 2.45) is 0 Å². The molecule has 0 saturated heterocycles. The maximum atomic E-state index is 7.03. The molecule has 364 valence electrons. The lowest BCUT2D eigenvalue weighted by molar-refractivity contribution is 0.332. The molecule has 0 spiro atoms. The van der Waals surface area contributed by atoms with E-state index in [1.165, 1.54) is 100 Å². The summed E-state index contributed by atoms with van der Waals surface area (Å²) in [7, 11) is 0. The molecule has 0 atom stereocenters. The normalized spacial score (nSPS) is 15.9. The number of fused-ring (bicyclic) bond motifs is 7. The fourth-order valence-corrected chi connectivity index (χ4v) is 13.5. The van der Waals surface area contributed by atoms with Gasteiger partial charge in [-0.2, -0.15) is 0 Å². The molecule has 0 unspecified atom stereocenters. The van der Waals surface area contributed by atoms with Crippen molar-refractivity contribution >= 4 is 63.3 Å². The van der Waals surface area contributed by atoms with Gasteiger partial charge in [0.05, 0.1) is 0 Å². The van der Waals surface area contributed by atoms with Crippen molar-refractivity contribution in [1.29, 1.82) is 0 Å². The second kappa shape index (κ2) is 16.6. The second-order valence-electron chi connectivity index (χ2n) is 23.5. The summed E-state index contributed by atoms with van der Waals surface area (Å²) in [6.07, 6.45) is 2.29. The van der Waals surface area contributed by atoms with Crippen LogP contribution < -0.4 is 30.3 Å². The van der Waals surface area contributed by atoms with Gasteiger partial charge in [0.1, 0.15) is 11.5 Å². The fraction of sp³-hybridized carbons (Fsp3) is 0.217. The van der Waals surface area contributed by atoms with Crippen LogP contribution in [0.5, 0.6) is 11.5 Å². The summed E-state index contributed by atoms with van der Waals surface area (Å²) in [5, 5.41) is 0. The van der Waals surface area contributed by atoms with Gasteiger partial charge in [0.2, 0.25) is 0 Å². The van der Waals surface area contributed by atoms with E-state index >= 15 is 0 Å². The smallest absolute Gasteiger partial charge is 0.333 e. The molecule has 0 bridgehead atoms. The van der Waals surface area contributed by atoms with Gasteiger partial charge in [-0.1, -0.05) is 144 Å². The van der Waals surface area contributed by atoms with E-state index in [-0.39, 0.29) is 23.1 Å². The molecule has 0 fully saturated rings. The highest BCUT2D eigenvalue weighted by Gasteiger charge is 2.48. The Morgan fingerprint density at radius 1 is 0.459 bits per heavy atom. The highest BCUT2D eigenvalue weighted by atomic mass is 16.5. The third-order valence-electron chi connectivity index (χ3n) is 17.3. The number of benzene rings is 9. The van der Waals surface area contributed by atoms with E-state index in [0.29, 0.717) is 0 Å². The largest absolute Gasteiger partial charge is 0.457 e. The molecular weight excluding hydrogens is 898 g/mol. The topological polar surface area (TPSA) is 19.0 Å². The Kier molecular flexibility index (Phi) is 10.4. The lowest BCUT2D eigenvalue weighted by Gasteiger charge is -2.48. The van der Waals surface area contributed by atoms with Crippen LogP contribution in [0.3, 0.4) is 0 Å². The Bertz CT molecular complexity index is 3680. The van der Waals surface area contributed by atoms with Crippen molar-refractivity contribution in [3.8, 4) is 33.8 Å². The molecule has 74 heavy (non-hydrogen) atoms. The Morgan fingerprint density at radius 2 is 1.05 bits per heavy atom. The highest BCUT2D eigenvalue weighted by molar-refractivity contribution is 6.93. The van der Waals surface area contributed by atoms with E-state index < -0.39 is 0 Å². The number of aryl methyl sites for hydroxylation is 4. The van der Waals surface area contributed by atoms with Gasteiger partial charge < -0.3 is 19.3 Å². The quantitative estimate of drug-likeness (QED) is 0.155. The minimum atomic E-state index is -0.314. The van der Waals surface area contributed by atoms with Gasteiger partial charge in [-0.3, -0.25) is 0 Å². The van der Waals surface area contributed by atoms with Crippen molar-refractivity contribution in [3.63, 3.8) is 0 Å². The average molecular weight is 962 g/mol. The fourth-order valence-electron chi connectivity index (χ4n) is 13.5. The Morgan fingerprint density at radius 3 is 1.72 bits per heavy atom. The van der Waals surface area contributed by atoms with Crippen LogP contribution in [-0.4, -0.2) is 6.85 Å². The van der Waals surface area contributed by atoms with E-state index in [1.54, 1.807) is 0 Å². The predicted octanol–water partition coefficient (Wildman–Crippen LogP) is 17.5. The van der Waals surface area contributed by atoms with Gasteiger partial charge in [-0.25, -0.2) is 0 Å². The summed E-state index contributed by atoms with van der Waals surface area (Å²) in [6, 6.07) is 68.4. The SMILES string of the molecule is Cc1cc(C)c(-c2cc3c4c(c2)N(c2cc5c(cc2C)C(C)(C)CCC5(C)C)c2cc(N(c5ccccc5)c5ccccc5)ccc2B4N(c2ccccc2)c2cc4c(cc2-3)Oc2ccccc2C4(C)C)c(C)c1. The van der Waals surface area contributed by atoms with Gasteiger partial charge in [0.15, 0.2) is 0 Å². The van der Waals surface area contributed by atoms with Crippen LogP contribution in [-0.2, 0) is 16.2 Å². The molecule has 0 saturated carbocycles. The van der Waals surface area contributed by atoms with Crippen molar-refractivity contribution in [1.82, 2.24) is 0 Å². The molecular formula is C69H64BN3O. The van der Waals surface area contributed by atoms with E-state index in [0.717, 1.165) is 47.1 Å². The number of ether oxygens (including phenoxy) is 1. The van der Waals surface area contributed by atoms with Crippen LogP contribution >= 0.6 is 0 Å². The Labute approximate surface area is 439 Å². The summed E-state index contributed by atoms with van der Waals surface area (Å²) >= 11 is 0. The number of rotatable bonds is 6. The Balaban J connectivity index is 1.18. The lowest BCUT2D eigenvalue weighted by Crippen LogP contribution is -2.61. The summed E-state index contributed by atoms with van der Waals surface area (Å²) < 4.78 is 7.03. The van der Waals surface area contributed by atoms with E-state index in [9.17, 15) is 0 Å². The van der Waals surface area contributed by atoms with E-state index in [2.05, 4.69) is 266 Å². The molecule has 9 aromatic rings. The standard InChI is InChI=1S/C69H64BN3O/c1-43-34-45(3)65(46(4)35-43)47-37-53-52-40-64-57(69(9,10)54-28-20-21-29-63(54)74-64)42-60(52)73(50-26-18-13-19-27-50)70-58-31-30-51(71(48-22-14-11-15-23-48)49-24-16-12-17-25-49)39-61(58)72(62(38-47)66(53)70)59-41-56-55(36-44(59)2)67(5,6)32-33-68(56,7)8/h11-31,34-42H,32-33H2,1-10H3. The summed E-state index contributed by atoms with van der Waals surface area (Å²) in [6.45, 7) is 23.5. The zero-order valence-corrected chi connectivity index (χ0v) is 44.6. The summed E-state index contributed by atoms with van der Waals surface area (Å²) in [5.74, 6) is 1.83. The van der Waals surface area contributed by atoms with Crippen molar-refractivity contribution in [3.05, 3.63) is 226 Å². The first-order chi connectivity index (χ1) is 35.6. The minimum absolute atomic E-state index is 0.000341. The third-order valence-corrected chi connectivity index (χ3v) is 17.3. The first kappa shape index (κ1) is 46.1. The average Bonchev–Trinajstić information content (AvgIpc) is 3.42. The van der Waals surface area contributed by atoms with Gasteiger partial charge >= 0.3 is 6.85 Å². The second-order valence-corrected chi connectivity index (χ2v) is 23.5.